The average molecular weight is 666 g/mol. The van der Waals surface area contributed by atoms with Crippen molar-refractivity contribution in [2.24, 2.45) is 0 Å². The van der Waals surface area contributed by atoms with Crippen molar-refractivity contribution >= 4 is 86.9 Å². The second-order valence-electron chi connectivity index (χ2n) is 13.6. The summed E-state index contributed by atoms with van der Waals surface area (Å²) in [6, 6.07) is 56.4. The third-order valence-electron chi connectivity index (χ3n) is 10.8. The molecule has 1 aliphatic rings. The first-order valence-corrected chi connectivity index (χ1v) is 18.5. The number of nitrogens with zero attached hydrogens (tertiary/aromatic N) is 1. The largest absolute Gasteiger partial charge is 0.309 e. The van der Waals surface area contributed by atoms with Gasteiger partial charge in [-0.15, -0.1) is 11.3 Å². The van der Waals surface area contributed by atoms with Crippen LogP contribution in [-0.4, -0.2) is 4.57 Å². The number of benzene rings is 8. The lowest BCUT2D eigenvalue weighted by atomic mass is 9.92. The minimum absolute atomic E-state index is 0.928. The summed E-state index contributed by atoms with van der Waals surface area (Å²) in [6.07, 6.45) is 10.1. The molecule has 0 spiro atoms. The highest BCUT2D eigenvalue weighted by atomic mass is 32.1. The van der Waals surface area contributed by atoms with E-state index in [4.69, 9.17) is 0 Å². The quantitative estimate of drug-likeness (QED) is 0.166. The number of thiophene rings is 1. The van der Waals surface area contributed by atoms with Crippen molar-refractivity contribution in [2.45, 2.75) is 6.42 Å². The van der Waals surface area contributed by atoms with E-state index in [0.717, 1.165) is 6.42 Å². The summed E-state index contributed by atoms with van der Waals surface area (Å²) < 4.78 is 5.12. The van der Waals surface area contributed by atoms with Crippen LogP contribution in [0.2, 0.25) is 0 Å². The SMILES string of the molecule is C1=Cc2c(n(-c3cccc(-c4ccc5c6ccccc6c6ccccc6c5c4)c3)c3ccc(-c4ccc5sc6ccccc6c5c4)cc23)C=CC1. The van der Waals surface area contributed by atoms with Gasteiger partial charge in [-0.2, -0.15) is 0 Å². The first-order valence-electron chi connectivity index (χ1n) is 17.7. The van der Waals surface area contributed by atoms with Gasteiger partial charge < -0.3 is 4.57 Å². The number of fused-ring (bicyclic) bond motifs is 12. The second kappa shape index (κ2) is 11.1. The Balaban J connectivity index is 1.07. The molecule has 0 fully saturated rings. The van der Waals surface area contributed by atoms with Crippen LogP contribution in [0.3, 0.4) is 0 Å². The third-order valence-corrected chi connectivity index (χ3v) is 11.9. The van der Waals surface area contributed by atoms with Gasteiger partial charge in [0.15, 0.2) is 0 Å². The van der Waals surface area contributed by atoms with Crippen molar-refractivity contribution in [2.75, 3.05) is 0 Å². The number of rotatable bonds is 3. The first kappa shape index (κ1) is 28.6. The Kier molecular flexibility index (Phi) is 6.25. The predicted molar refractivity (Wildman–Crippen MR) is 222 cm³/mol. The van der Waals surface area contributed by atoms with Crippen molar-refractivity contribution in [3.05, 3.63) is 175 Å². The smallest absolute Gasteiger partial charge is 0.0541 e. The molecule has 0 saturated heterocycles. The molecule has 0 atom stereocenters. The van der Waals surface area contributed by atoms with Gasteiger partial charge in [-0.25, -0.2) is 0 Å². The van der Waals surface area contributed by atoms with E-state index < -0.39 is 0 Å². The predicted octanol–water partition coefficient (Wildman–Crippen LogP) is 14.2. The minimum Gasteiger partial charge on any atom is -0.309 e. The van der Waals surface area contributed by atoms with E-state index >= 15 is 0 Å². The van der Waals surface area contributed by atoms with Crippen LogP contribution >= 0.6 is 11.3 Å². The van der Waals surface area contributed by atoms with Gasteiger partial charge in [0.2, 0.25) is 0 Å². The fourth-order valence-electron chi connectivity index (χ4n) is 8.39. The van der Waals surface area contributed by atoms with Crippen LogP contribution in [0, 0.1) is 0 Å². The number of allylic oxidation sites excluding steroid dienone is 2. The molecule has 51 heavy (non-hydrogen) atoms. The Morgan fingerprint density at radius 2 is 0.961 bits per heavy atom. The zero-order valence-electron chi connectivity index (χ0n) is 27.8. The molecule has 2 aromatic heterocycles. The summed E-state index contributed by atoms with van der Waals surface area (Å²) in [5.41, 5.74) is 9.81. The summed E-state index contributed by atoms with van der Waals surface area (Å²) in [5, 5.41) is 11.7. The number of hydrogen-bond acceptors (Lipinski definition) is 1. The highest BCUT2D eigenvalue weighted by Gasteiger charge is 2.18. The van der Waals surface area contributed by atoms with E-state index in [1.165, 1.54) is 103 Å². The van der Waals surface area contributed by atoms with Crippen molar-refractivity contribution < 1.29 is 0 Å². The molecular formula is C49H31NS. The first-order chi connectivity index (χ1) is 25.3. The summed E-state index contributed by atoms with van der Waals surface area (Å²) in [6.45, 7) is 0. The van der Waals surface area contributed by atoms with Gasteiger partial charge in [-0.3, -0.25) is 0 Å². The maximum atomic E-state index is 2.45. The van der Waals surface area contributed by atoms with Gasteiger partial charge >= 0.3 is 0 Å². The minimum atomic E-state index is 0.928. The van der Waals surface area contributed by atoms with Crippen molar-refractivity contribution in [1.29, 1.82) is 0 Å². The fourth-order valence-corrected chi connectivity index (χ4v) is 9.48. The van der Waals surface area contributed by atoms with Gasteiger partial charge in [-0.05, 0) is 116 Å². The molecule has 0 aliphatic heterocycles. The van der Waals surface area contributed by atoms with Crippen LogP contribution in [0.1, 0.15) is 17.7 Å². The topological polar surface area (TPSA) is 4.93 Å². The lowest BCUT2D eigenvalue weighted by Gasteiger charge is -2.14. The lowest BCUT2D eigenvalue weighted by Crippen LogP contribution is -1.97. The Morgan fingerprint density at radius 1 is 0.392 bits per heavy atom. The van der Waals surface area contributed by atoms with E-state index in [2.05, 4.69) is 181 Å². The molecule has 0 amide bonds. The zero-order valence-corrected chi connectivity index (χ0v) is 28.6. The molecule has 2 heterocycles. The average Bonchev–Trinajstić information content (AvgIpc) is 3.61. The van der Waals surface area contributed by atoms with E-state index in [-0.39, 0.29) is 0 Å². The highest BCUT2D eigenvalue weighted by molar-refractivity contribution is 7.25. The summed E-state index contributed by atoms with van der Waals surface area (Å²) >= 11 is 1.87. The van der Waals surface area contributed by atoms with Crippen molar-refractivity contribution in [3.63, 3.8) is 0 Å². The second-order valence-corrected chi connectivity index (χ2v) is 14.7. The number of hydrogen-bond donors (Lipinski definition) is 0. The van der Waals surface area contributed by atoms with Crippen LogP contribution in [0.5, 0.6) is 0 Å². The molecule has 8 aromatic carbocycles. The lowest BCUT2D eigenvalue weighted by molar-refractivity contribution is 1.11. The molecule has 0 saturated carbocycles. The molecule has 1 aliphatic carbocycles. The van der Waals surface area contributed by atoms with Crippen LogP contribution < -0.4 is 0 Å². The van der Waals surface area contributed by atoms with Crippen molar-refractivity contribution in [1.82, 2.24) is 4.57 Å². The van der Waals surface area contributed by atoms with E-state index in [1.54, 1.807) is 0 Å². The Hall–Kier alpha value is -6.22. The third kappa shape index (κ3) is 4.40. The maximum absolute atomic E-state index is 2.45. The molecule has 0 radical (unpaired) electrons. The summed E-state index contributed by atoms with van der Waals surface area (Å²) in [7, 11) is 0. The summed E-state index contributed by atoms with van der Waals surface area (Å²) in [4.78, 5) is 0. The highest BCUT2D eigenvalue weighted by Crippen LogP contribution is 2.41. The number of aromatic nitrogens is 1. The molecule has 2 heteroatoms. The Morgan fingerprint density at radius 3 is 1.75 bits per heavy atom. The van der Waals surface area contributed by atoms with E-state index in [0.29, 0.717) is 0 Å². The molecule has 1 nitrogen and oxygen atoms in total. The molecule has 0 unspecified atom stereocenters. The molecule has 0 bridgehead atoms. The molecule has 0 N–H and O–H groups in total. The van der Waals surface area contributed by atoms with E-state index in [1.807, 2.05) is 11.3 Å². The monoisotopic (exact) mass is 665 g/mol. The van der Waals surface area contributed by atoms with Gasteiger partial charge in [0.25, 0.3) is 0 Å². The normalized spacial score (nSPS) is 12.9. The van der Waals surface area contributed by atoms with Crippen LogP contribution in [0.15, 0.2) is 164 Å². The molecule has 10 aromatic rings. The molecule has 11 rings (SSSR count). The zero-order chi connectivity index (χ0) is 33.5. The van der Waals surface area contributed by atoms with Gasteiger partial charge in [0, 0.05) is 36.8 Å². The van der Waals surface area contributed by atoms with Crippen LogP contribution in [0.25, 0.3) is 103 Å². The van der Waals surface area contributed by atoms with E-state index in [9.17, 15) is 0 Å². The van der Waals surface area contributed by atoms with Crippen LogP contribution in [-0.2, 0) is 0 Å². The molecule has 238 valence electrons. The Labute approximate surface area is 299 Å². The fraction of sp³-hybridized carbons (Fsp3) is 0.0204. The standard InChI is InChI=1S/C49H31NS/c1-2-17-41-44-29-33(34-23-26-49-45(30-34)42-18-8-9-20-48(42)51-49)22-25-47(44)50(46(41)19-3-1)35-12-10-11-31(27-35)32-21-24-40-38-15-5-4-13-36(38)37-14-6-7-16-39(37)43(40)28-32/h2-30H,1H2. The van der Waals surface area contributed by atoms with Crippen molar-refractivity contribution in [3.8, 4) is 27.9 Å². The van der Waals surface area contributed by atoms with Gasteiger partial charge in [-0.1, -0.05) is 121 Å². The Bertz CT molecular complexity index is 3080. The summed E-state index contributed by atoms with van der Waals surface area (Å²) in [5.74, 6) is 0. The van der Waals surface area contributed by atoms with Crippen LogP contribution in [0.4, 0.5) is 0 Å². The van der Waals surface area contributed by atoms with Gasteiger partial charge in [0.1, 0.15) is 0 Å². The maximum Gasteiger partial charge on any atom is 0.0541 e. The molecular weight excluding hydrogens is 635 g/mol. The van der Waals surface area contributed by atoms with Gasteiger partial charge in [0.05, 0.1) is 11.2 Å².